The van der Waals surface area contributed by atoms with Crippen LogP contribution in [0.5, 0.6) is 11.5 Å². The Labute approximate surface area is 162 Å². The molecule has 3 aromatic rings. The van der Waals surface area contributed by atoms with Gasteiger partial charge in [-0.1, -0.05) is 0 Å². The van der Waals surface area contributed by atoms with Crippen molar-refractivity contribution in [1.29, 1.82) is 0 Å². The number of nitrogens with zero attached hydrogens (tertiary/aromatic N) is 1. The SMILES string of the molecule is CCOc1ccc(NC(=O)/C=C/c2csc(-c3ccc(OC)cc3)n2)cc1. The molecule has 1 amide bonds. The van der Waals surface area contributed by atoms with Crippen molar-refractivity contribution in [1.82, 2.24) is 4.98 Å². The number of aromatic nitrogens is 1. The molecular weight excluding hydrogens is 360 g/mol. The van der Waals surface area contributed by atoms with E-state index in [-0.39, 0.29) is 5.91 Å². The van der Waals surface area contributed by atoms with Crippen LogP contribution in [-0.2, 0) is 4.79 Å². The molecule has 2 aromatic carbocycles. The van der Waals surface area contributed by atoms with Gasteiger partial charge in [-0.05, 0) is 61.5 Å². The third kappa shape index (κ3) is 5.18. The summed E-state index contributed by atoms with van der Waals surface area (Å²) in [5.41, 5.74) is 2.47. The summed E-state index contributed by atoms with van der Waals surface area (Å²) >= 11 is 1.53. The van der Waals surface area contributed by atoms with Crippen LogP contribution in [0.1, 0.15) is 12.6 Å². The van der Waals surface area contributed by atoms with Gasteiger partial charge < -0.3 is 14.8 Å². The molecule has 0 aliphatic carbocycles. The summed E-state index contributed by atoms with van der Waals surface area (Å²) in [6.45, 7) is 2.54. The van der Waals surface area contributed by atoms with Gasteiger partial charge in [0.05, 0.1) is 19.4 Å². The molecule has 1 aromatic heterocycles. The number of hydrogen-bond acceptors (Lipinski definition) is 5. The van der Waals surface area contributed by atoms with E-state index in [0.29, 0.717) is 12.3 Å². The molecule has 0 bridgehead atoms. The first kappa shape index (κ1) is 18.7. The zero-order valence-electron chi connectivity index (χ0n) is 15.1. The van der Waals surface area contributed by atoms with Gasteiger partial charge in [0.1, 0.15) is 16.5 Å². The molecule has 27 heavy (non-hydrogen) atoms. The lowest BCUT2D eigenvalue weighted by Crippen LogP contribution is -2.07. The predicted octanol–water partition coefficient (Wildman–Crippen LogP) is 4.87. The second kappa shape index (κ2) is 9.00. The van der Waals surface area contributed by atoms with Crippen LogP contribution in [0.25, 0.3) is 16.6 Å². The summed E-state index contributed by atoms with van der Waals surface area (Å²) in [6.07, 6.45) is 3.18. The van der Waals surface area contributed by atoms with Crippen molar-refractivity contribution >= 4 is 29.0 Å². The molecular formula is C21H20N2O3S. The van der Waals surface area contributed by atoms with Crippen LogP contribution in [0.15, 0.2) is 60.0 Å². The minimum Gasteiger partial charge on any atom is -0.497 e. The molecule has 0 aliphatic heterocycles. The van der Waals surface area contributed by atoms with Crippen molar-refractivity contribution in [2.45, 2.75) is 6.92 Å². The molecule has 0 saturated carbocycles. The number of amides is 1. The second-order valence-electron chi connectivity index (χ2n) is 5.59. The Morgan fingerprint density at radius 1 is 1.11 bits per heavy atom. The van der Waals surface area contributed by atoms with Crippen LogP contribution >= 0.6 is 11.3 Å². The number of benzene rings is 2. The zero-order valence-corrected chi connectivity index (χ0v) is 16.0. The number of hydrogen-bond donors (Lipinski definition) is 1. The van der Waals surface area contributed by atoms with Gasteiger partial charge in [0.2, 0.25) is 5.91 Å². The summed E-state index contributed by atoms with van der Waals surface area (Å²) in [5.74, 6) is 1.37. The van der Waals surface area contributed by atoms with Gasteiger partial charge in [0, 0.05) is 22.7 Å². The van der Waals surface area contributed by atoms with E-state index >= 15 is 0 Å². The first-order valence-electron chi connectivity index (χ1n) is 8.50. The van der Waals surface area contributed by atoms with Crippen molar-refractivity contribution in [3.8, 4) is 22.1 Å². The largest absolute Gasteiger partial charge is 0.497 e. The quantitative estimate of drug-likeness (QED) is 0.594. The molecule has 0 atom stereocenters. The number of anilines is 1. The molecule has 0 radical (unpaired) electrons. The Hall–Kier alpha value is -3.12. The van der Waals surface area contributed by atoms with E-state index in [1.54, 1.807) is 25.3 Å². The van der Waals surface area contributed by atoms with Crippen LogP contribution in [-0.4, -0.2) is 24.6 Å². The molecule has 1 heterocycles. The van der Waals surface area contributed by atoms with E-state index in [9.17, 15) is 4.79 Å². The van der Waals surface area contributed by atoms with Crippen molar-refractivity contribution in [2.24, 2.45) is 0 Å². The van der Waals surface area contributed by atoms with Gasteiger partial charge in [-0.3, -0.25) is 4.79 Å². The summed E-state index contributed by atoms with van der Waals surface area (Å²) in [6, 6.07) is 15.0. The van der Waals surface area contributed by atoms with Crippen LogP contribution < -0.4 is 14.8 Å². The number of carbonyl (C=O) groups excluding carboxylic acids is 1. The van der Waals surface area contributed by atoms with Gasteiger partial charge in [0.25, 0.3) is 0 Å². The fourth-order valence-electron chi connectivity index (χ4n) is 2.38. The summed E-state index contributed by atoms with van der Waals surface area (Å²) < 4.78 is 10.5. The topological polar surface area (TPSA) is 60.5 Å². The van der Waals surface area contributed by atoms with E-state index in [0.717, 1.165) is 27.8 Å². The molecule has 0 spiro atoms. The molecule has 138 valence electrons. The van der Waals surface area contributed by atoms with Crippen molar-refractivity contribution in [3.05, 3.63) is 65.7 Å². The molecule has 0 unspecified atom stereocenters. The molecule has 5 nitrogen and oxygen atoms in total. The highest BCUT2D eigenvalue weighted by molar-refractivity contribution is 7.13. The Balaban J connectivity index is 1.60. The third-order valence-corrected chi connectivity index (χ3v) is 4.61. The number of carbonyl (C=O) groups is 1. The van der Waals surface area contributed by atoms with Crippen molar-refractivity contribution < 1.29 is 14.3 Å². The van der Waals surface area contributed by atoms with E-state index in [1.165, 1.54) is 17.4 Å². The fraction of sp³-hybridized carbons (Fsp3) is 0.143. The maximum Gasteiger partial charge on any atom is 0.248 e. The average Bonchev–Trinajstić information content (AvgIpc) is 3.17. The standard InChI is InChI=1S/C21H20N2O3S/c1-3-26-19-11-6-16(7-12-19)22-20(24)13-8-17-14-27-21(23-17)15-4-9-18(25-2)10-5-15/h4-14H,3H2,1-2H3,(H,22,24)/b13-8+. The number of rotatable bonds is 7. The second-order valence-corrected chi connectivity index (χ2v) is 6.44. The van der Waals surface area contributed by atoms with Crippen LogP contribution in [0, 0.1) is 0 Å². The van der Waals surface area contributed by atoms with Gasteiger partial charge >= 0.3 is 0 Å². The normalized spacial score (nSPS) is 10.7. The summed E-state index contributed by atoms with van der Waals surface area (Å²) in [4.78, 5) is 16.6. The van der Waals surface area contributed by atoms with E-state index < -0.39 is 0 Å². The Morgan fingerprint density at radius 2 is 1.81 bits per heavy atom. The predicted molar refractivity (Wildman–Crippen MR) is 109 cm³/mol. The van der Waals surface area contributed by atoms with Gasteiger partial charge in [-0.25, -0.2) is 4.98 Å². The molecule has 3 rings (SSSR count). The van der Waals surface area contributed by atoms with Gasteiger partial charge in [-0.15, -0.1) is 11.3 Å². The number of ether oxygens (including phenoxy) is 2. The maximum absolute atomic E-state index is 12.1. The monoisotopic (exact) mass is 380 g/mol. The Kier molecular flexibility index (Phi) is 6.22. The average molecular weight is 380 g/mol. The highest BCUT2D eigenvalue weighted by Gasteiger charge is 2.04. The molecule has 0 aliphatic rings. The van der Waals surface area contributed by atoms with Crippen molar-refractivity contribution in [3.63, 3.8) is 0 Å². The minimum absolute atomic E-state index is 0.210. The van der Waals surface area contributed by atoms with Crippen molar-refractivity contribution in [2.75, 3.05) is 19.0 Å². The van der Waals surface area contributed by atoms with E-state index in [2.05, 4.69) is 10.3 Å². The number of thiazole rings is 1. The summed E-state index contributed by atoms with van der Waals surface area (Å²) in [7, 11) is 1.64. The lowest BCUT2D eigenvalue weighted by molar-refractivity contribution is -0.111. The lowest BCUT2D eigenvalue weighted by Gasteiger charge is -2.05. The fourth-order valence-corrected chi connectivity index (χ4v) is 3.17. The Bertz CT molecular complexity index is 915. The highest BCUT2D eigenvalue weighted by atomic mass is 32.1. The number of nitrogens with one attached hydrogen (secondary N) is 1. The maximum atomic E-state index is 12.1. The molecule has 6 heteroatoms. The third-order valence-electron chi connectivity index (χ3n) is 3.70. The first-order chi connectivity index (χ1) is 13.2. The summed E-state index contributed by atoms with van der Waals surface area (Å²) in [5, 5.41) is 5.62. The highest BCUT2D eigenvalue weighted by Crippen LogP contribution is 2.26. The Morgan fingerprint density at radius 3 is 2.48 bits per heavy atom. The van der Waals surface area contributed by atoms with Crippen LogP contribution in [0.2, 0.25) is 0 Å². The van der Waals surface area contributed by atoms with Gasteiger partial charge in [0.15, 0.2) is 0 Å². The van der Waals surface area contributed by atoms with E-state index in [4.69, 9.17) is 9.47 Å². The molecule has 1 N–H and O–H groups in total. The van der Waals surface area contributed by atoms with Gasteiger partial charge in [-0.2, -0.15) is 0 Å². The zero-order chi connectivity index (χ0) is 19.1. The minimum atomic E-state index is -0.210. The smallest absolute Gasteiger partial charge is 0.248 e. The molecule has 0 fully saturated rings. The first-order valence-corrected chi connectivity index (χ1v) is 9.38. The number of methoxy groups -OCH3 is 1. The van der Waals surface area contributed by atoms with Crippen LogP contribution in [0.4, 0.5) is 5.69 Å². The molecule has 0 saturated heterocycles. The lowest BCUT2D eigenvalue weighted by atomic mass is 10.2. The van der Waals surface area contributed by atoms with Crippen LogP contribution in [0.3, 0.4) is 0 Å². The van der Waals surface area contributed by atoms with E-state index in [1.807, 2.05) is 48.7 Å².